The van der Waals surface area contributed by atoms with Crippen LogP contribution in [0.4, 0.5) is 0 Å². The van der Waals surface area contributed by atoms with Gasteiger partial charge in [0.25, 0.3) is 10.0 Å². The molecule has 5 atom stereocenters. The van der Waals surface area contributed by atoms with Crippen molar-refractivity contribution in [3.63, 3.8) is 0 Å². The van der Waals surface area contributed by atoms with Gasteiger partial charge in [-0.15, -0.1) is 0 Å². The summed E-state index contributed by atoms with van der Waals surface area (Å²) in [6.45, 7) is 15.1. The zero-order valence-electron chi connectivity index (χ0n) is 44.2. The number of nitrogens with one attached hydrogen (secondary N) is 4. The van der Waals surface area contributed by atoms with Gasteiger partial charge in [0.2, 0.25) is 35.5 Å². The van der Waals surface area contributed by atoms with Gasteiger partial charge in [0.1, 0.15) is 53.9 Å². The fraction of sp³-hybridized carbons (Fsp3) is 0.537. The number of esters is 1. The molecule has 3 aromatic rings. The van der Waals surface area contributed by atoms with E-state index < -0.39 is 81.3 Å². The number of benzene rings is 3. The summed E-state index contributed by atoms with van der Waals surface area (Å²) in [5.74, 6) is -2.28. The molecular formula is C54H74N8O11S. The maximum atomic E-state index is 14.5. The number of sulfonamides is 1. The Morgan fingerprint density at radius 3 is 2.09 bits per heavy atom. The van der Waals surface area contributed by atoms with Crippen LogP contribution in [0.15, 0.2) is 64.5 Å². The lowest BCUT2D eigenvalue weighted by Crippen LogP contribution is -2.58. The van der Waals surface area contributed by atoms with Gasteiger partial charge >= 0.3 is 5.97 Å². The van der Waals surface area contributed by atoms with E-state index in [4.69, 9.17) is 19.9 Å². The van der Waals surface area contributed by atoms with E-state index in [9.17, 15) is 37.2 Å². The molecule has 402 valence electrons. The first-order valence-electron chi connectivity index (χ1n) is 25.5. The molecule has 0 aromatic heterocycles. The first-order valence-corrected chi connectivity index (χ1v) is 26.9. The van der Waals surface area contributed by atoms with Gasteiger partial charge < -0.3 is 45.7 Å². The van der Waals surface area contributed by atoms with Crippen LogP contribution in [0.3, 0.4) is 0 Å². The van der Waals surface area contributed by atoms with Crippen molar-refractivity contribution in [3.05, 3.63) is 88.0 Å². The summed E-state index contributed by atoms with van der Waals surface area (Å²) in [5, 5.41) is 8.49. The fourth-order valence-corrected chi connectivity index (χ4v) is 11.6. The molecule has 0 aliphatic carbocycles. The average Bonchev–Trinajstić information content (AvgIpc) is 4.12. The summed E-state index contributed by atoms with van der Waals surface area (Å²) in [5.41, 5.74) is 10.1. The molecule has 19 nitrogen and oxygen atoms in total. The maximum absolute atomic E-state index is 14.5. The highest BCUT2D eigenvalue weighted by Gasteiger charge is 2.43. The standard InChI is InChI=1S/C54H74N8O11S/c1-32(2)28-43(59-48(64)42(57-36(6)63)29-37-21-23-39(24-22-37)72-31-38-16-11-10-12-17-38)51(67)61-26-14-19-44(61)49(65)58-41(50(66)62-27-15-20-45(62)52(68)71-9)18-13-25-56-53(55)60-74(69,70)47-34(4)33(3)46-40(35(47)5)30-54(7,8)73-46/h10-12,16-17,21-24,32,41-45H,13-15,18-20,25-31H2,1-9H3,(H,57,63)(H,58,65)(H,59,64)(H3,55,56,60)/t41-,42-,43-,44-,45-/m0/s1. The number of guanidine groups is 1. The zero-order chi connectivity index (χ0) is 54.1. The van der Waals surface area contributed by atoms with Crippen molar-refractivity contribution >= 4 is 51.5 Å². The molecule has 0 spiro atoms. The number of methoxy groups -OCH3 is 1. The Bertz CT molecular complexity index is 2690. The lowest BCUT2D eigenvalue weighted by atomic mass is 9.94. The molecule has 0 saturated carbocycles. The second kappa shape index (κ2) is 24.6. The van der Waals surface area contributed by atoms with Crippen molar-refractivity contribution in [1.82, 2.24) is 30.5 Å². The summed E-state index contributed by atoms with van der Waals surface area (Å²) >= 11 is 0. The molecule has 3 aliphatic rings. The summed E-state index contributed by atoms with van der Waals surface area (Å²) in [4.78, 5) is 89.6. The van der Waals surface area contributed by atoms with Crippen molar-refractivity contribution in [2.24, 2.45) is 16.6 Å². The van der Waals surface area contributed by atoms with E-state index in [0.717, 1.165) is 22.3 Å². The summed E-state index contributed by atoms with van der Waals surface area (Å²) in [6.07, 6.45) is 2.75. The predicted octanol–water partition coefficient (Wildman–Crippen LogP) is 4.20. The number of ether oxygens (including phenoxy) is 3. The van der Waals surface area contributed by atoms with E-state index in [1.54, 1.807) is 26.0 Å². The first kappa shape index (κ1) is 56.6. The molecule has 3 aliphatic heterocycles. The Morgan fingerprint density at radius 1 is 0.824 bits per heavy atom. The number of hydrogen-bond acceptors (Lipinski definition) is 12. The second-order valence-corrected chi connectivity index (χ2v) is 22.2. The SMILES string of the molecule is COC(=O)[C@@H]1CCCN1C(=O)[C@H](CCCN=C(N)NS(=O)(=O)c1c(C)c(C)c2c(c1C)CC(C)(C)O2)NC(=O)[C@@H]1CCCN1C(=O)[C@H](CC(C)C)NC(=O)[C@H](Cc1ccc(OCc2ccccc2)cc1)NC(C)=O. The Kier molecular flexibility index (Phi) is 18.8. The fourth-order valence-electron chi connectivity index (χ4n) is 10.1. The average molecular weight is 1040 g/mol. The van der Waals surface area contributed by atoms with E-state index in [1.807, 2.05) is 77.1 Å². The number of likely N-dealkylation sites (tertiary alicyclic amines) is 2. The molecular weight excluding hydrogens is 969 g/mol. The van der Waals surface area contributed by atoms with Gasteiger partial charge in [0.05, 0.1) is 12.0 Å². The Hall–Kier alpha value is -6.70. The number of aliphatic imine (C=N–C) groups is 1. The molecule has 3 aromatic carbocycles. The third-order valence-corrected chi connectivity index (χ3v) is 15.4. The van der Waals surface area contributed by atoms with E-state index in [2.05, 4.69) is 25.7 Å². The molecule has 2 saturated heterocycles. The van der Waals surface area contributed by atoms with Crippen LogP contribution in [0.25, 0.3) is 0 Å². The minimum atomic E-state index is -4.19. The summed E-state index contributed by atoms with van der Waals surface area (Å²) in [6, 6.07) is 11.8. The van der Waals surface area contributed by atoms with Gasteiger partial charge in [-0.2, -0.15) is 0 Å². The molecule has 0 radical (unpaired) electrons. The van der Waals surface area contributed by atoms with Gasteiger partial charge in [-0.05, 0) is 125 Å². The number of nitrogens with zero attached hydrogens (tertiary/aromatic N) is 3. The highest BCUT2D eigenvalue weighted by atomic mass is 32.2. The minimum absolute atomic E-state index is 0.0250. The van der Waals surface area contributed by atoms with Crippen molar-refractivity contribution in [1.29, 1.82) is 0 Å². The van der Waals surface area contributed by atoms with E-state index in [0.29, 0.717) is 54.9 Å². The molecule has 5 amide bonds. The van der Waals surface area contributed by atoms with Crippen LogP contribution in [-0.2, 0) is 63.0 Å². The number of amides is 5. The van der Waals surface area contributed by atoms with Crippen molar-refractivity contribution in [3.8, 4) is 11.5 Å². The molecule has 2 fully saturated rings. The van der Waals surface area contributed by atoms with Crippen LogP contribution >= 0.6 is 0 Å². The number of fused-ring (bicyclic) bond motifs is 1. The van der Waals surface area contributed by atoms with Gasteiger partial charge in [-0.1, -0.05) is 56.3 Å². The number of rotatable bonds is 21. The van der Waals surface area contributed by atoms with Gasteiger partial charge in [-0.25, -0.2) is 17.9 Å². The Labute approximate surface area is 435 Å². The number of carbonyl (C=O) groups excluding carboxylic acids is 6. The molecule has 0 bridgehead atoms. The van der Waals surface area contributed by atoms with Crippen LogP contribution in [0.5, 0.6) is 11.5 Å². The second-order valence-electron chi connectivity index (χ2n) is 20.6. The third kappa shape index (κ3) is 14.1. The molecule has 6 N–H and O–H groups in total. The lowest BCUT2D eigenvalue weighted by molar-refractivity contribution is -0.152. The maximum Gasteiger partial charge on any atom is 0.328 e. The molecule has 6 rings (SSSR count). The predicted molar refractivity (Wildman–Crippen MR) is 278 cm³/mol. The summed E-state index contributed by atoms with van der Waals surface area (Å²) < 4.78 is 47.1. The summed E-state index contributed by atoms with van der Waals surface area (Å²) in [7, 11) is -2.94. The third-order valence-electron chi connectivity index (χ3n) is 13.8. The van der Waals surface area contributed by atoms with E-state index in [1.165, 1.54) is 23.8 Å². The van der Waals surface area contributed by atoms with Crippen LogP contribution in [0.2, 0.25) is 0 Å². The van der Waals surface area contributed by atoms with Crippen molar-refractivity contribution < 1.29 is 51.4 Å². The van der Waals surface area contributed by atoms with Gasteiger partial charge in [0.15, 0.2) is 0 Å². The number of nitrogens with two attached hydrogens (primary N) is 1. The normalized spacial score (nSPS) is 18.4. The van der Waals surface area contributed by atoms with Crippen molar-refractivity contribution in [2.45, 2.75) is 160 Å². The van der Waals surface area contributed by atoms with Crippen molar-refractivity contribution in [2.75, 3.05) is 26.7 Å². The molecule has 20 heteroatoms. The molecule has 0 unspecified atom stereocenters. The first-order chi connectivity index (χ1) is 35.0. The van der Waals surface area contributed by atoms with Crippen LogP contribution in [0, 0.1) is 26.7 Å². The smallest absolute Gasteiger partial charge is 0.328 e. The molecule has 3 heterocycles. The quantitative estimate of drug-likeness (QED) is 0.0436. The van der Waals surface area contributed by atoms with Crippen LogP contribution in [-0.4, -0.2) is 122 Å². The number of carbonyl (C=O) groups is 6. The van der Waals surface area contributed by atoms with E-state index >= 15 is 0 Å². The Morgan fingerprint density at radius 2 is 1.46 bits per heavy atom. The number of hydrogen-bond donors (Lipinski definition) is 5. The van der Waals surface area contributed by atoms with Crippen LogP contribution < -0.4 is 35.9 Å². The highest BCUT2D eigenvalue weighted by molar-refractivity contribution is 7.90. The van der Waals surface area contributed by atoms with Gasteiger partial charge in [-0.3, -0.25) is 29.0 Å². The monoisotopic (exact) mass is 1040 g/mol. The highest BCUT2D eigenvalue weighted by Crippen LogP contribution is 2.43. The van der Waals surface area contributed by atoms with E-state index in [-0.39, 0.29) is 68.5 Å². The molecule has 74 heavy (non-hydrogen) atoms. The minimum Gasteiger partial charge on any atom is -0.489 e. The Balaban J connectivity index is 1.13. The van der Waals surface area contributed by atoms with Gasteiger partial charge in [0, 0.05) is 45.0 Å². The largest absolute Gasteiger partial charge is 0.489 e. The lowest BCUT2D eigenvalue weighted by Gasteiger charge is -2.32. The topological polar surface area (TPSA) is 257 Å². The zero-order valence-corrected chi connectivity index (χ0v) is 45.0. The van der Waals surface area contributed by atoms with Crippen LogP contribution in [0.1, 0.15) is 113 Å².